The number of anilines is 1. The lowest BCUT2D eigenvalue weighted by molar-refractivity contribution is 0.318. The highest BCUT2D eigenvalue weighted by atomic mass is 16.5. The molecule has 7 nitrogen and oxygen atoms in total. The molecule has 0 aromatic heterocycles. The summed E-state index contributed by atoms with van der Waals surface area (Å²) in [6.07, 6.45) is 2.15. The molecule has 0 unspecified atom stereocenters. The number of methoxy groups -OCH3 is 1. The first-order chi connectivity index (χ1) is 13.1. The third-order valence-corrected chi connectivity index (χ3v) is 4.62. The van der Waals surface area contributed by atoms with Gasteiger partial charge in [0, 0.05) is 18.2 Å². The number of amidine groups is 1. The molecule has 2 aromatic carbocycles. The van der Waals surface area contributed by atoms with Crippen LogP contribution in [0, 0.1) is 0 Å². The van der Waals surface area contributed by atoms with E-state index in [4.69, 9.17) is 28.4 Å². The Labute approximate surface area is 160 Å². The zero-order chi connectivity index (χ0) is 19.2. The summed E-state index contributed by atoms with van der Waals surface area (Å²) < 4.78 is 11.2. The van der Waals surface area contributed by atoms with Crippen molar-refractivity contribution in [2.24, 2.45) is 10.9 Å². The number of ether oxygens (including phenoxy) is 2. The van der Waals surface area contributed by atoms with Gasteiger partial charge in [0.05, 0.1) is 12.8 Å². The summed E-state index contributed by atoms with van der Waals surface area (Å²) in [6.45, 7) is 1.61. The molecule has 27 heavy (non-hydrogen) atoms. The van der Waals surface area contributed by atoms with Gasteiger partial charge in [-0.15, -0.1) is 0 Å². The zero-order valence-electron chi connectivity index (χ0n) is 15.3. The first kappa shape index (κ1) is 18.9. The van der Waals surface area contributed by atoms with E-state index in [0.717, 1.165) is 30.8 Å². The van der Waals surface area contributed by atoms with Crippen LogP contribution >= 0.6 is 0 Å². The van der Waals surface area contributed by atoms with Crippen LogP contribution in [0.4, 0.5) is 5.69 Å². The quantitative estimate of drug-likeness (QED) is 0.229. The fraction of sp³-hybridized carbons (Fsp3) is 0.316. The average molecular weight is 366 g/mol. The standard InChI is InChI=1S/C19H23BN4O3/c1-26-15-5-7-16(8-6-15)27-18-11-13(19(21)23-25)4-9-17(18)22-12-14-3-2-10-24(14)20/h4-9,11,14,22,25H,2-3,10,12H2,1H3,(H2,21,23)/t14-/m0/s1. The van der Waals surface area contributed by atoms with Crippen molar-refractivity contribution in [3.8, 4) is 17.2 Å². The molecule has 1 aliphatic rings. The number of hydrogen-bond donors (Lipinski definition) is 3. The van der Waals surface area contributed by atoms with Crippen LogP contribution < -0.4 is 20.5 Å². The third-order valence-electron chi connectivity index (χ3n) is 4.62. The number of nitrogens with one attached hydrogen (secondary N) is 1. The molecule has 1 fully saturated rings. The van der Waals surface area contributed by atoms with E-state index in [1.165, 1.54) is 0 Å². The van der Waals surface area contributed by atoms with Crippen molar-refractivity contribution >= 4 is 19.5 Å². The second-order valence-electron chi connectivity index (χ2n) is 6.39. The van der Waals surface area contributed by atoms with Crippen LogP contribution in [0.2, 0.25) is 0 Å². The second kappa shape index (κ2) is 8.68. The molecule has 8 heteroatoms. The molecule has 2 radical (unpaired) electrons. The minimum atomic E-state index is 0.0186. The first-order valence-electron chi connectivity index (χ1n) is 8.79. The van der Waals surface area contributed by atoms with Crippen LogP contribution in [0.5, 0.6) is 17.2 Å². The van der Waals surface area contributed by atoms with Crippen molar-refractivity contribution < 1.29 is 14.7 Å². The number of rotatable bonds is 7. The molecule has 0 bridgehead atoms. The molecule has 0 amide bonds. The van der Waals surface area contributed by atoms with Gasteiger partial charge in [-0.1, -0.05) is 5.16 Å². The van der Waals surface area contributed by atoms with E-state index in [1.807, 2.05) is 35.1 Å². The third kappa shape index (κ3) is 4.65. The van der Waals surface area contributed by atoms with E-state index in [0.29, 0.717) is 23.6 Å². The van der Waals surface area contributed by atoms with Crippen molar-refractivity contribution in [1.29, 1.82) is 0 Å². The molecule has 1 aliphatic heterocycles. The summed E-state index contributed by atoms with van der Waals surface area (Å²) in [4.78, 5) is 1.86. The molecule has 0 aliphatic carbocycles. The van der Waals surface area contributed by atoms with Crippen LogP contribution in [-0.2, 0) is 0 Å². The van der Waals surface area contributed by atoms with Crippen molar-refractivity contribution in [1.82, 2.24) is 4.81 Å². The molecule has 1 heterocycles. The number of oxime groups is 1. The van der Waals surface area contributed by atoms with Crippen molar-refractivity contribution in [2.75, 3.05) is 25.5 Å². The maximum absolute atomic E-state index is 8.95. The van der Waals surface area contributed by atoms with Gasteiger partial charge in [-0.3, -0.25) is 0 Å². The van der Waals surface area contributed by atoms with Crippen molar-refractivity contribution in [3.63, 3.8) is 0 Å². The average Bonchev–Trinajstić information content (AvgIpc) is 3.11. The van der Waals surface area contributed by atoms with Crippen LogP contribution in [-0.4, -0.2) is 50.1 Å². The Hall–Kier alpha value is -2.87. The SMILES string of the molecule is [B]N1CCC[C@H]1CNc1ccc(/C(N)=N/O)cc1Oc1ccc(OC)cc1. The van der Waals surface area contributed by atoms with Gasteiger partial charge < -0.3 is 30.5 Å². The molecule has 1 atom stereocenters. The molecule has 1 saturated heterocycles. The fourth-order valence-electron chi connectivity index (χ4n) is 3.05. The first-order valence-corrected chi connectivity index (χ1v) is 8.79. The summed E-state index contributed by atoms with van der Waals surface area (Å²) in [5, 5.41) is 15.4. The molecule has 140 valence electrons. The van der Waals surface area contributed by atoms with E-state index in [1.54, 1.807) is 19.2 Å². The van der Waals surface area contributed by atoms with E-state index in [9.17, 15) is 0 Å². The summed E-state index contributed by atoms with van der Waals surface area (Å²) >= 11 is 0. The van der Waals surface area contributed by atoms with E-state index >= 15 is 0 Å². The molecule has 0 saturated carbocycles. The lowest BCUT2D eigenvalue weighted by atomic mass is 10.1. The largest absolute Gasteiger partial charge is 0.497 e. The van der Waals surface area contributed by atoms with Crippen LogP contribution in [0.1, 0.15) is 18.4 Å². The number of hydrogen-bond acceptors (Lipinski definition) is 6. The van der Waals surface area contributed by atoms with Gasteiger partial charge in [0.1, 0.15) is 11.5 Å². The molecule has 0 spiro atoms. The van der Waals surface area contributed by atoms with Crippen molar-refractivity contribution in [3.05, 3.63) is 48.0 Å². The normalized spacial score (nSPS) is 17.7. The zero-order valence-corrected chi connectivity index (χ0v) is 15.3. The Morgan fingerprint density at radius 3 is 2.67 bits per heavy atom. The lowest BCUT2D eigenvalue weighted by Crippen LogP contribution is -2.32. The Balaban J connectivity index is 1.82. The van der Waals surface area contributed by atoms with Crippen molar-refractivity contribution in [2.45, 2.75) is 18.9 Å². The Kier molecular flexibility index (Phi) is 6.08. The minimum Gasteiger partial charge on any atom is -0.497 e. The second-order valence-corrected chi connectivity index (χ2v) is 6.39. The van der Waals surface area contributed by atoms with Gasteiger partial charge in [0.25, 0.3) is 0 Å². The highest BCUT2D eigenvalue weighted by molar-refractivity contribution is 6.04. The highest BCUT2D eigenvalue weighted by Crippen LogP contribution is 2.32. The van der Waals surface area contributed by atoms with E-state index in [2.05, 4.69) is 10.5 Å². The Bertz CT molecular complexity index is 798. The summed E-state index contributed by atoms with van der Waals surface area (Å²) in [5.41, 5.74) is 7.09. The topological polar surface area (TPSA) is 92.3 Å². The fourth-order valence-corrected chi connectivity index (χ4v) is 3.05. The van der Waals surface area contributed by atoms with Gasteiger partial charge in [-0.25, -0.2) is 0 Å². The Morgan fingerprint density at radius 1 is 1.30 bits per heavy atom. The minimum absolute atomic E-state index is 0.0186. The molecular weight excluding hydrogens is 343 g/mol. The van der Waals surface area contributed by atoms with Gasteiger partial charge >= 0.3 is 0 Å². The molecule has 4 N–H and O–H groups in total. The van der Waals surface area contributed by atoms with Gasteiger partial charge in [0.2, 0.25) is 0 Å². The van der Waals surface area contributed by atoms with Gasteiger partial charge in [0.15, 0.2) is 19.6 Å². The predicted molar refractivity (Wildman–Crippen MR) is 106 cm³/mol. The van der Waals surface area contributed by atoms with Crippen LogP contribution in [0.15, 0.2) is 47.6 Å². The smallest absolute Gasteiger partial charge is 0.182 e. The lowest BCUT2D eigenvalue weighted by Gasteiger charge is -2.22. The number of nitrogens with two attached hydrogens (primary N) is 1. The summed E-state index contributed by atoms with van der Waals surface area (Å²) in [5.74, 6) is 1.99. The van der Waals surface area contributed by atoms with E-state index < -0.39 is 0 Å². The molecular formula is C19H23BN4O3. The maximum atomic E-state index is 8.95. The van der Waals surface area contributed by atoms with Crippen LogP contribution in [0.25, 0.3) is 0 Å². The predicted octanol–water partition coefficient (Wildman–Crippen LogP) is 2.54. The highest BCUT2D eigenvalue weighted by Gasteiger charge is 2.20. The maximum Gasteiger partial charge on any atom is 0.182 e. The van der Waals surface area contributed by atoms with Gasteiger partial charge in [-0.05, 0) is 61.9 Å². The van der Waals surface area contributed by atoms with E-state index in [-0.39, 0.29) is 11.9 Å². The summed E-state index contributed by atoms with van der Waals surface area (Å²) in [6, 6.07) is 12.9. The number of benzene rings is 2. The Morgan fingerprint density at radius 2 is 2.04 bits per heavy atom. The van der Waals surface area contributed by atoms with Gasteiger partial charge in [-0.2, -0.15) is 0 Å². The number of nitrogens with zero attached hydrogens (tertiary/aromatic N) is 2. The van der Waals surface area contributed by atoms with Crippen LogP contribution in [0.3, 0.4) is 0 Å². The monoisotopic (exact) mass is 366 g/mol. The molecule has 2 aromatic rings. The summed E-state index contributed by atoms with van der Waals surface area (Å²) in [7, 11) is 7.62. The molecule has 3 rings (SSSR count).